The lowest BCUT2D eigenvalue weighted by molar-refractivity contribution is -0.143. The minimum absolute atomic E-state index is 0.153. The number of aliphatic carboxylic acids is 1. The van der Waals surface area contributed by atoms with Gasteiger partial charge < -0.3 is 24.2 Å². The summed E-state index contributed by atoms with van der Waals surface area (Å²) in [6.45, 7) is 1.94. The van der Waals surface area contributed by atoms with E-state index in [-0.39, 0.29) is 18.6 Å². The van der Waals surface area contributed by atoms with Gasteiger partial charge in [0, 0.05) is 19.4 Å². The van der Waals surface area contributed by atoms with E-state index in [4.69, 9.17) is 14.2 Å². The van der Waals surface area contributed by atoms with Gasteiger partial charge in [-0.05, 0) is 35.4 Å². The number of carbonyl (C=O) groups excluding carboxylic acids is 1. The van der Waals surface area contributed by atoms with Crippen LogP contribution in [-0.2, 0) is 9.59 Å². The fraction of sp³-hybridized carbons (Fsp3) is 0.333. The van der Waals surface area contributed by atoms with Crippen LogP contribution in [0.1, 0.15) is 30.0 Å². The monoisotopic (exact) mass is 383 g/mol. The zero-order valence-electron chi connectivity index (χ0n) is 15.6. The lowest BCUT2D eigenvalue weighted by Crippen LogP contribution is -2.31. The maximum atomic E-state index is 12.3. The van der Waals surface area contributed by atoms with Crippen LogP contribution >= 0.6 is 0 Å². The first-order valence-corrected chi connectivity index (χ1v) is 9.03. The molecule has 3 unspecified atom stereocenters. The first kappa shape index (κ1) is 18.2. The summed E-state index contributed by atoms with van der Waals surface area (Å²) in [6.07, 6.45) is 0. The van der Waals surface area contributed by atoms with Gasteiger partial charge in [0.05, 0.1) is 19.1 Å². The van der Waals surface area contributed by atoms with Gasteiger partial charge in [0.1, 0.15) is 5.75 Å². The third kappa shape index (κ3) is 3.02. The Morgan fingerprint density at radius 3 is 2.39 bits per heavy atom. The minimum atomic E-state index is -0.938. The van der Waals surface area contributed by atoms with E-state index in [0.717, 1.165) is 11.1 Å². The Labute approximate surface area is 162 Å². The summed E-state index contributed by atoms with van der Waals surface area (Å²) < 4.78 is 16.0. The lowest BCUT2D eigenvalue weighted by Gasteiger charge is -2.26. The Bertz CT molecular complexity index is 910. The van der Waals surface area contributed by atoms with E-state index in [1.165, 1.54) is 6.92 Å². The standard InChI is InChI=1S/C21H21NO6/c1-12(23)22-10-16(14-5-8-17-18(9-14)28-11-27-17)19(21(24)25)20(22)13-3-6-15(26-2)7-4-13/h3-9,16,19-20H,10-11H2,1-2H3,(H,24,25). The fourth-order valence-electron chi connectivity index (χ4n) is 4.13. The summed E-state index contributed by atoms with van der Waals surface area (Å²) >= 11 is 0. The van der Waals surface area contributed by atoms with Gasteiger partial charge in [-0.25, -0.2) is 0 Å². The first-order chi connectivity index (χ1) is 13.5. The van der Waals surface area contributed by atoms with Crippen LogP contribution in [0.15, 0.2) is 42.5 Å². The van der Waals surface area contributed by atoms with Crippen LogP contribution in [0.5, 0.6) is 17.2 Å². The van der Waals surface area contributed by atoms with Gasteiger partial charge >= 0.3 is 5.97 Å². The molecule has 1 N–H and O–H groups in total. The van der Waals surface area contributed by atoms with Crippen LogP contribution in [0, 0.1) is 5.92 Å². The van der Waals surface area contributed by atoms with Gasteiger partial charge in [-0.2, -0.15) is 0 Å². The molecular weight excluding hydrogens is 362 g/mol. The Balaban J connectivity index is 1.75. The molecule has 1 fully saturated rings. The molecule has 0 radical (unpaired) electrons. The predicted molar refractivity (Wildman–Crippen MR) is 99.6 cm³/mol. The van der Waals surface area contributed by atoms with E-state index in [1.807, 2.05) is 24.3 Å². The highest BCUT2D eigenvalue weighted by Crippen LogP contribution is 2.47. The number of rotatable bonds is 4. The van der Waals surface area contributed by atoms with Gasteiger partial charge in [0.2, 0.25) is 12.7 Å². The van der Waals surface area contributed by atoms with Crippen molar-refractivity contribution < 1.29 is 28.9 Å². The number of fused-ring (bicyclic) bond motifs is 1. The van der Waals surface area contributed by atoms with Crippen molar-refractivity contribution >= 4 is 11.9 Å². The first-order valence-electron chi connectivity index (χ1n) is 9.03. The summed E-state index contributed by atoms with van der Waals surface area (Å²) in [5.41, 5.74) is 1.59. The molecule has 0 spiro atoms. The number of carbonyl (C=O) groups is 2. The summed E-state index contributed by atoms with van der Waals surface area (Å²) in [7, 11) is 1.57. The van der Waals surface area contributed by atoms with Crippen molar-refractivity contribution in [3.63, 3.8) is 0 Å². The Hall–Kier alpha value is -3.22. The molecule has 7 heteroatoms. The maximum absolute atomic E-state index is 12.3. The highest BCUT2D eigenvalue weighted by Gasteiger charge is 2.48. The second kappa shape index (κ2) is 7.07. The molecule has 2 aliphatic rings. The fourth-order valence-corrected chi connectivity index (χ4v) is 4.13. The average molecular weight is 383 g/mol. The molecule has 0 bridgehead atoms. The van der Waals surface area contributed by atoms with Crippen LogP contribution in [0.4, 0.5) is 0 Å². The summed E-state index contributed by atoms with van der Waals surface area (Å²) in [5, 5.41) is 10.1. The van der Waals surface area contributed by atoms with E-state index >= 15 is 0 Å². The van der Waals surface area contributed by atoms with Crippen LogP contribution in [0.25, 0.3) is 0 Å². The maximum Gasteiger partial charge on any atom is 0.309 e. The number of nitrogens with zero attached hydrogens (tertiary/aromatic N) is 1. The average Bonchev–Trinajstić information content (AvgIpc) is 3.32. The lowest BCUT2D eigenvalue weighted by atomic mass is 9.82. The molecule has 4 rings (SSSR count). The van der Waals surface area contributed by atoms with Gasteiger partial charge in [0.15, 0.2) is 11.5 Å². The SMILES string of the molecule is COc1ccc(C2C(C(=O)O)C(c3ccc4c(c3)OCO4)CN2C(C)=O)cc1. The van der Waals surface area contributed by atoms with E-state index in [9.17, 15) is 14.7 Å². The number of carboxylic acid groups (broad SMARTS) is 1. The van der Waals surface area contributed by atoms with Crippen molar-refractivity contribution in [2.75, 3.05) is 20.4 Å². The molecule has 0 saturated carbocycles. The molecule has 1 saturated heterocycles. The molecule has 2 heterocycles. The molecule has 2 aromatic carbocycles. The number of hydrogen-bond donors (Lipinski definition) is 1. The number of carboxylic acids is 1. The molecule has 28 heavy (non-hydrogen) atoms. The Morgan fingerprint density at radius 1 is 1.07 bits per heavy atom. The van der Waals surface area contributed by atoms with Crippen LogP contribution in [0.3, 0.4) is 0 Å². The van der Waals surface area contributed by atoms with E-state index < -0.39 is 17.9 Å². The number of methoxy groups -OCH3 is 1. The number of amides is 1. The second-order valence-electron chi connectivity index (χ2n) is 6.97. The van der Waals surface area contributed by atoms with Crippen molar-refractivity contribution in [1.29, 1.82) is 0 Å². The van der Waals surface area contributed by atoms with E-state index in [2.05, 4.69) is 0 Å². The quantitative estimate of drug-likeness (QED) is 0.874. The molecule has 2 aliphatic heterocycles. The molecule has 0 aromatic heterocycles. The molecule has 0 aliphatic carbocycles. The number of ether oxygens (including phenoxy) is 3. The summed E-state index contributed by atoms with van der Waals surface area (Å²) in [5.74, 6) is -0.314. The van der Waals surface area contributed by atoms with Crippen molar-refractivity contribution in [2.45, 2.75) is 18.9 Å². The zero-order valence-corrected chi connectivity index (χ0v) is 15.6. The Morgan fingerprint density at radius 2 is 1.75 bits per heavy atom. The highest BCUT2D eigenvalue weighted by molar-refractivity contribution is 5.79. The van der Waals surface area contributed by atoms with Crippen molar-refractivity contribution in [2.24, 2.45) is 5.92 Å². The third-order valence-corrected chi connectivity index (χ3v) is 5.47. The molecule has 2 aromatic rings. The highest BCUT2D eigenvalue weighted by atomic mass is 16.7. The zero-order chi connectivity index (χ0) is 19.8. The van der Waals surface area contributed by atoms with Crippen LogP contribution < -0.4 is 14.2 Å². The number of benzene rings is 2. The molecule has 3 atom stereocenters. The van der Waals surface area contributed by atoms with E-state index in [0.29, 0.717) is 23.8 Å². The van der Waals surface area contributed by atoms with Gasteiger partial charge in [-0.15, -0.1) is 0 Å². The topological polar surface area (TPSA) is 85.3 Å². The van der Waals surface area contributed by atoms with Gasteiger partial charge in [0.25, 0.3) is 0 Å². The smallest absolute Gasteiger partial charge is 0.309 e. The molecule has 146 valence electrons. The number of likely N-dealkylation sites (tertiary alicyclic amines) is 1. The molecular formula is C21H21NO6. The predicted octanol–water partition coefficient (Wildman–Crippen LogP) is 2.81. The van der Waals surface area contributed by atoms with Crippen molar-refractivity contribution in [1.82, 2.24) is 4.90 Å². The van der Waals surface area contributed by atoms with Gasteiger partial charge in [-0.1, -0.05) is 18.2 Å². The summed E-state index contributed by atoms with van der Waals surface area (Å²) in [6, 6.07) is 12.1. The largest absolute Gasteiger partial charge is 0.497 e. The Kier molecular flexibility index (Phi) is 4.58. The van der Waals surface area contributed by atoms with Crippen molar-refractivity contribution in [3.8, 4) is 17.2 Å². The minimum Gasteiger partial charge on any atom is -0.497 e. The van der Waals surface area contributed by atoms with Gasteiger partial charge in [-0.3, -0.25) is 9.59 Å². The van der Waals surface area contributed by atoms with E-state index in [1.54, 1.807) is 30.2 Å². The van der Waals surface area contributed by atoms with Crippen LogP contribution in [0.2, 0.25) is 0 Å². The molecule has 7 nitrogen and oxygen atoms in total. The number of hydrogen-bond acceptors (Lipinski definition) is 5. The summed E-state index contributed by atoms with van der Waals surface area (Å²) in [4.78, 5) is 26.3. The normalized spacial score (nSPS) is 22.9. The third-order valence-electron chi connectivity index (χ3n) is 5.47. The molecule has 1 amide bonds. The van der Waals surface area contributed by atoms with Crippen molar-refractivity contribution in [3.05, 3.63) is 53.6 Å². The second-order valence-corrected chi connectivity index (χ2v) is 6.97. The van der Waals surface area contributed by atoms with Crippen LogP contribution in [-0.4, -0.2) is 42.3 Å².